The second kappa shape index (κ2) is 6.74. The highest BCUT2D eigenvalue weighted by atomic mass is 16.6. The SMILES string of the molecule is CCOc1ccc(-c2nonc2NC(=O)c2ccccc2)cc1. The lowest BCUT2D eigenvalue weighted by Crippen LogP contribution is -2.12. The summed E-state index contributed by atoms with van der Waals surface area (Å²) in [5, 5.41) is 10.3. The molecule has 23 heavy (non-hydrogen) atoms. The lowest BCUT2D eigenvalue weighted by molar-refractivity contribution is 0.102. The molecule has 0 aliphatic heterocycles. The highest BCUT2D eigenvalue weighted by Gasteiger charge is 2.16. The summed E-state index contributed by atoms with van der Waals surface area (Å²) >= 11 is 0. The average molecular weight is 309 g/mol. The quantitative estimate of drug-likeness (QED) is 0.781. The molecular weight excluding hydrogens is 294 g/mol. The molecule has 0 fully saturated rings. The Morgan fingerprint density at radius 2 is 1.83 bits per heavy atom. The average Bonchev–Trinajstić information content (AvgIpc) is 3.05. The van der Waals surface area contributed by atoms with Crippen LogP contribution in [0.15, 0.2) is 59.2 Å². The van der Waals surface area contributed by atoms with Crippen molar-refractivity contribution < 1.29 is 14.2 Å². The Morgan fingerprint density at radius 1 is 1.09 bits per heavy atom. The van der Waals surface area contributed by atoms with Gasteiger partial charge in [0.05, 0.1) is 6.61 Å². The highest BCUT2D eigenvalue weighted by Crippen LogP contribution is 2.26. The first-order valence-corrected chi connectivity index (χ1v) is 7.20. The number of hydrogen-bond donors (Lipinski definition) is 1. The molecule has 0 saturated heterocycles. The number of anilines is 1. The fourth-order valence-electron chi connectivity index (χ4n) is 2.10. The van der Waals surface area contributed by atoms with Crippen LogP contribution in [0, 0.1) is 0 Å². The maximum Gasteiger partial charge on any atom is 0.256 e. The van der Waals surface area contributed by atoms with Crippen molar-refractivity contribution in [1.29, 1.82) is 0 Å². The number of carbonyl (C=O) groups is 1. The Kier molecular flexibility index (Phi) is 4.33. The third-order valence-electron chi connectivity index (χ3n) is 3.20. The summed E-state index contributed by atoms with van der Waals surface area (Å²) in [6.07, 6.45) is 0. The number of carbonyl (C=O) groups excluding carboxylic acids is 1. The Balaban J connectivity index is 1.81. The van der Waals surface area contributed by atoms with Crippen molar-refractivity contribution in [3.05, 3.63) is 60.2 Å². The first kappa shape index (κ1) is 14.8. The van der Waals surface area contributed by atoms with E-state index in [1.807, 2.05) is 37.3 Å². The van der Waals surface area contributed by atoms with E-state index in [1.54, 1.807) is 24.3 Å². The van der Waals surface area contributed by atoms with Gasteiger partial charge in [-0.1, -0.05) is 18.2 Å². The van der Waals surface area contributed by atoms with Gasteiger partial charge < -0.3 is 10.1 Å². The standard InChI is InChI=1S/C17H15N3O3/c1-2-22-14-10-8-12(9-11-14)15-16(20-23-19-15)18-17(21)13-6-4-3-5-7-13/h3-11H,2H2,1H3,(H,18,20,21). The monoisotopic (exact) mass is 309 g/mol. The summed E-state index contributed by atoms with van der Waals surface area (Å²) < 4.78 is 10.2. The van der Waals surface area contributed by atoms with Gasteiger partial charge in [-0.15, -0.1) is 0 Å². The lowest BCUT2D eigenvalue weighted by atomic mass is 10.1. The lowest BCUT2D eigenvalue weighted by Gasteiger charge is -2.05. The van der Waals surface area contributed by atoms with Crippen LogP contribution in [-0.4, -0.2) is 22.8 Å². The molecule has 2 aromatic carbocycles. The van der Waals surface area contributed by atoms with Gasteiger partial charge in [0.2, 0.25) is 5.82 Å². The van der Waals surface area contributed by atoms with E-state index in [4.69, 9.17) is 9.37 Å². The molecule has 1 heterocycles. The minimum absolute atomic E-state index is 0.270. The predicted octanol–water partition coefficient (Wildman–Crippen LogP) is 3.39. The molecular formula is C17H15N3O3. The van der Waals surface area contributed by atoms with E-state index in [0.717, 1.165) is 11.3 Å². The van der Waals surface area contributed by atoms with Crippen LogP contribution in [0.25, 0.3) is 11.3 Å². The number of hydrogen-bond acceptors (Lipinski definition) is 5. The number of aromatic nitrogens is 2. The Hall–Kier alpha value is -3.15. The zero-order valence-corrected chi connectivity index (χ0v) is 12.5. The molecule has 1 aromatic heterocycles. The van der Waals surface area contributed by atoms with E-state index in [9.17, 15) is 4.79 Å². The summed E-state index contributed by atoms with van der Waals surface area (Å²) in [7, 11) is 0. The third-order valence-corrected chi connectivity index (χ3v) is 3.20. The summed E-state index contributed by atoms with van der Waals surface area (Å²) in [6.45, 7) is 2.52. The molecule has 3 aromatic rings. The van der Waals surface area contributed by atoms with E-state index in [1.165, 1.54) is 0 Å². The van der Waals surface area contributed by atoms with E-state index in [-0.39, 0.29) is 11.7 Å². The molecule has 0 aliphatic carbocycles. The molecule has 1 amide bonds. The van der Waals surface area contributed by atoms with Crippen LogP contribution >= 0.6 is 0 Å². The molecule has 0 unspecified atom stereocenters. The number of amides is 1. The number of ether oxygens (including phenoxy) is 1. The molecule has 1 N–H and O–H groups in total. The van der Waals surface area contributed by atoms with Crippen LogP contribution in [0.4, 0.5) is 5.82 Å². The number of nitrogens with one attached hydrogen (secondary N) is 1. The summed E-state index contributed by atoms with van der Waals surface area (Å²) in [4.78, 5) is 12.2. The fourth-order valence-corrected chi connectivity index (χ4v) is 2.10. The smallest absolute Gasteiger partial charge is 0.256 e. The van der Waals surface area contributed by atoms with Crippen LogP contribution in [0.1, 0.15) is 17.3 Å². The summed E-state index contributed by atoms with van der Waals surface area (Å²) in [6, 6.07) is 16.2. The van der Waals surface area contributed by atoms with Crippen LogP contribution in [0.2, 0.25) is 0 Å². The van der Waals surface area contributed by atoms with E-state index in [2.05, 4.69) is 15.6 Å². The number of benzene rings is 2. The van der Waals surface area contributed by atoms with E-state index in [0.29, 0.717) is 17.9 Å². The van der Waals surface area contributed by atoms with E-state index < -0.39 is 0 Å². The van der Waals surface area contributed by atoms with Gasteiger partial charge in [0.25, 0.3) is 5.91 Å². The molecule has 0 spiro atoms. The largest absolute Gasteiger partial charge is 0.494 e. The van der Waals surface area contributed by atoms with Gasteiger partial charge in [0.1, 0.15) is 5.75 Å². The number of rotatable bonds is 5. The normalized spacial score (nSPS) is 10.3. The maximum absolute atomic E-state index is 12.2. The minimum atomic E-state index is -0.270. The van der Waals surface area contributed by atoms with Gasteiger partial charge in [-0.2, -0.15) is 0 Å². The van der Waals surface area contributed by atoms with Crippen molar-refractivity contribution in [2.45, 2.75) is 6.92 Å². The van der Waals surface area contributed by atoms with Crippen molar-refractivity contribution in [1.82, 2.24) is 10.3 Å². The van der Waals surface area contributed by atoms with Crippen molar-refractivity contribution in [3.8, 4) is 17.0 Å². The zero-order valence-electron chi connectivity index (χ0n) is 12.5. The zero-order chi connectivity index (χ0) is 16.1. The Bertz CT molecular complexity index is 782. The first-order valence-electron chi connectivity index (χ1n) is 7.20. The van der Waals surface area contributed by atoms with Crippen LogP contribution in [-0.2, 0) is 0 Å². The molecule has 0 aliphatic rings. The maximum atomic E-state index is 12.2. The van der Waals surface area contributed by atoms with Crippen molar-refractivity contribution in [3.63, 3.8) is 0 Å². The molecule has 6 nitrogen and oxygen atoms in total. The first-order chi connectivity index (χ1) is 11.3. The second-order valence-electron chi connectivity index (χ2n) is 4.74. The van der Waals surface area contributed by atoms with Gasteiger partial charge in [0, 0.05) is 11.1 Å². The number of nitrogens with zero attached hydrogens (tertiary/aromatic N) is 2. The molecule has 0 atom stereocenters. The van der Waals surface area contributed by atoms with Crippen molar-refractivity contribution in [2.24, 2.45) is 0 Å². The summed E-state index contributed by atoms with van der Waals surface area (Å²) in [5.41, 5.74) is 1.78. The third kappa shape index (κ3) is 3.37. The van der Waals surface area contributed by atoms with Gasteiger partial charge in [0.15, 0.2) is 5.69 Å². The second-order valence-corrected chi connectivity index (χ2v) is 4.74. The molecule has 0 saturated carbocycles. The Labute approximate surface area is 133 Å². The van der Waals surface area contributed by atoms with Crippen LogP contribution < -0.4 is 10.1 Å². The van der Waals surface area contributed by atoms with Crippen LogP contribution in [0.5, 0.6) is 5.75 Å². The summed E-state index contributed by atoms with van der Waals surface area (Å²) in [5.74, 6) is 0.777. The molecule has 0 radical (unpaired) electrons. The molecule has 116 valence electrons. The van der Waals surface area contributed by atoms with Crippen LogP contribution in [0.3, 0.4) is 0 Å². The van der Waals surface area contributed by atoms with E-state index >= 15 is 0 Å². The van der Waals surface area contributed by atoms with Gasteiger partial charge >= 0.3 is 0 Å². The van der Waals surface area contributed by atoms with Gasteiger partial charge in [-0.25, -0.2) is 4.63 Å². The molecule has 6 heteroatoms. The fraction of sp³-hybridized carbons (Fsp3) is 0.118. The Morgan fingerprint density at radius 3 is 2.52 bits per heavy atom. The minimum Gasteiger partial charge on any atom is -0.494 e. The van der Waals surface area contributed by atoms with Crippen molar-refractivity contribution in [2.75, 3.05) is 11.9 Å². The predicted molar refractivity (Wildman–Crippen MR) is 85.3 cm³/mol. The molecule has 3 rings (SSSR count). The van der Waals surface area contributed by atoms with Gasteiger partial charge in [-0.05, 0) is 53.6 Å². The molecule has 0 bridgehead atoms. The highest BCUT2D eigenvalue weighted by molar-refractivity contribution is 6.05. The van der Waals surface area contributed by atoms with Crippen molar-refractivity contribution >= 4 is 11.7 Å². The topological polar surface area (TPSA) is 77.2 Å². The van der Waals surface area contributed by atoms with Gasteiger partial charge in [-0.3, -0.25) is 4.79 Å².